The van der Waals surface area contributed by atoms with Crippen LogP contribution in [-0.2, 0) is 0 Å². The third kappa shape index (κ3) is 4.46. The number of nitro benzene ring substituents is 1. The van der Waals surface area contributed by atoms with E-state index in [0.29, 0.717) is 11.1 Å². The summed E-state index contributed by atoms with van der Waals surface area (Å²) in [5.74, 6) is -0.614. The van der Waals surface area contributed by atoms with E-state index < -0.39 is 16.9 Å². The summed E-state index contributed by atoms with van der Waals surface area (Å²) in [5, 5.41) is 25.8. The maximum atomic E-state index is 12.4. The summed E-state index contributed by atoms with van der Waals surface area (Å²) in [6, 6.07) is 23.2. The van der Waals surface area contributed by atoms with Gasteiger partial charge in [0.15, 0.2) is 0 Å². The fourth-order valence-electron chi connectivity index (χ4n) is 2.62. The van der Waals surface area contributed by atoms with Crippen LogP contribution in [-0.4, -0.2) is 21.6 Å². The molecule has 0 heterocycles. The molecular weight excluding hydrogens is 358 g/mol. The molecule has 28 heavy (non-hydrogen) atoms. The zero-order chi connectivity index (χ0) is 19.9. The number of aliphatic hydroxyl groups excluding tert-OH is 1. The number of nitrogens with one attached hydrogen (secondary N) is 1. The second-order valence-corrected chi connectivity index (χ2v) is 5.92. The van der Waals surface area contributed by atoms with Gasteiger partial charge in [-0.05, 0) is 11.6 Å². The smallest absolute Gasteiger partial charge is 0.271 e. The number of aliphatic hydroxyl groups is 1. The highest BCUT2D eigenvalue weighted by Gasteiger charge is 2.18. The van der Waals surface area contributed by atoms with Crippen LogP contribution in [0.2, 0.25) is 0 Å². The van der Waals surface area contributed by atoms with Gasteiger partial charge in [-0.15, -0.1) is 0 Å². The van der Waals surface area contributed by atoms with Crippen molar-refractivity contribution in [2.24, 2.45) is 5.10 Å². The van der Waals surface area contributed by atoms with Gasteiger partial charge in [0.2, 0.25) is 0 Å². The lowest BCUT2D eigenvalue weighted by Crippen LogP contribution is -2.23. The molecule has 0 aliphatic carbocycles. The molecule has 0 aliphatic rings. The third-order valence-electron chi connectivity index (χ3n) is 4.04. The molecule has 7 heteroatoms. The van der Waals surface area contributed by atoms with Crippen LogP contribution in [0.4, 0.5) is 5.69 Å². The zero-order valence-corrected chi connectivity index (χ0v) is 14.7. The maximum Gasteiger partial charge on any atom is 0.271 e. The molecule has 1 unspecified atom stereocenters. The Labute approximate surface area is 161 Å². The first-order chi connectivity index (χ1) is 13.6. The summed E-state index contributed by atoms with van der Waals surface area (Å²) in [6.07, 6.45) is -1.06. The maximum absolute atomic E-state index is 12.4. The summed E-state index contributed by atoms with van der Waals surface area (Å²) < 4.78 is 0. The van der Waals surface area contributed by atoms with E-state index in [2.05, 4.69) is 10.5 Å². The number of hydrazone groups is 1. The molecule has 0 aliphatic heterocycles. The molecule has 0 spiro atoms. The van der Waals surface area contributed by atoms with Crippen molar-refractivity contribution in [3.63, 3.8) is 0 Å². The van der Waals surface area contributed by atoms with Crippen molar-refractivity contribution in [1.82, 2.24) is 5.43 Å². The first kappa shape index (κ1) is 18.9. The fraction of sp³-hybridized carbons (Fsp3) is 0.0476. The Hall–Kier alpha value is -3.84. The van der Waals surface area contributed by atoms with Crippen LogP contribution < -0.4 is 5.43 Å². The second kappa shape index (κ2) is 8.70. The largest absolute Gasteiger partial charge is 0.382 e. The highest BCUT2D eigenvalue weighted by atomic mass is 16.6. The van der Waals surface area contributed by atoms with E-state index in [4.69, 9.17) is 0 Å². The first-order valence-corrected chi connectivity index (χ1v) is 8.47. The number of amides is 1. The van der Waals surface area contributed by atoms with Crippen molar-refractivity contribution in [2.75, 3.05) is 0 Å². The molecule has 0 aromatic heterocycles. The Kier molecular flexibility index (Phi) is 5.88. The lowest BCUT2D eigenvalue weighted by atomic mass is 9.99. The van der Waals surface area contributed by atoms with E-state index in [9.17, 15) is 20.0 Å². The Morgan fingerprint density at radius 1 is 0.929 bits per heavy atom. The first-order valence-electron chi connectivity index (χ1n) is 8.47. The predicted octanol–water partition coefficient (Wildman–Crippen LogP) is 3.46. The molecule has 3 aromatic carbocycles. The van der Waals surface area contributed by atoms with Crippen LogP contribution >= 0.6 is 0 Å². The minimum atomic E-state index is -1.06. The molecular formula is C21H17N3O4. The van der Waals surface area contributed by atoms with Gasteiger partial charge in [-0.2, -0.15) is 5.10 Å². The highest BCUT2D eigenvalue weighted by Crippen LogP contribution is 2.19. The quantitative estimate of drug-likeness (QED) is 0.391. The Morgan fingerprint density at radius 3 is 2.18 bits per heavy atom. The molecule has 140 valence electrons. The van der Waals surface area contributed by atoms with Crippen LogP contribution in [0.3, 0.4) is 0 Å². The van der Waals surface area contributed by atoms with Gasteiger partial charge in [0.05, 0.1) is 4.92 Å². The number of carbonyl (C=O) groups is 1. The monoisotopic (exact) mass is 375 g/mol. The summed E-state index contributed by atoms with van der Waals surface area (Å²) >= 11 is 0. The summed E-state index contributed by atoms with van der Waals surface area (Å²) in [4.78, 5) is 22.7. The normalized spacial score (nSPS) is 12.2. The van der Waals surface area contributed by atoms with Crippen LogP contribution in [0, 0.1) is 10.1 Å². The van der Waals surface area contributed by atoms with Gasteiger partial charge >= 0.3 is 0 Å². The molecule has 0 bridgehead atoms. The molecule has 3 rings (SSSR count). The van der Waals surface area contributed by atoms with E-state index in [0.717, 1.165) is 0 Å². The van der Waals surface area contributed by atoms with Gasteiger partial charge in [-0.3, -0.25) is 14.9 Å². The molecule has 7 nitrogen and oxygen atoms in total. The molecule has 2 N–H and O–H groups in total. The van der Waals surface area contributed by atoms with Crippen LogP contribution in [0.15, 0.2) is 90.0 Å². The Morgan fingerprint density at radius 2 is 1.54 bits per heavy atom. The van der Waals surface area contributed by atoms with Gasteiger partial charge < -0.3 is 5.11 Å². The average molecular weight is 375 g/mol. The van der Waals surface area contributed by atoms with Crippen LogP contribution in [0.25, 0.3) is 0 Å². The van der Waals surface area contributed by atoms with Crippen molar-refractivity contribution >= 4 is 17.3 Å². The van der Waals surface area contributed by atoms with Gasteiger partial charge in [0.1, 0.15) is 11.8 Å². The zero-order valence-electron chi connectivity index (χ0n) is 14.7. The highest BCUT2D eigenvalue weighted by molar-refractivity contribution is 6.05. The van der Waals surface area contributed by atoms with Crippen molar-refractivity contribution in [3.8, 4) is 0 Å². The van der Waals surface area contributed by atoms with Crippen molar-refractivity contribution in [1.29, 1.82) is 0 Å². The van der Waals surface area contributed by atoms with Gasteiger partial charge in [0, 0.05) is 23.3 Å². The SMILES string of the molecule is O=C(NN=C(c1ccccc1)C(O)c1ccccc1)c1cccc([N+](=O)[O-])c1. The Bertz CT molecular complexity index is 1000. The number of carbonyl (C=O) groups excluding carboxylic acids is 1. The molecule has 0 saturated carbocycles. The molecule has 0 fully saturated rings. The van der Waals surface area contributed by atoms with E-state index in [1.165, 1.54) is 24.3 Å². The van der Waals surface area contributed by atoms with E-state index in [-0.39, 0.29) is 17.0 Å². The molecule has 3 aromatic rings. The summed E-state index contributed by atoms with van der Waals surface area (Å²) in [5.41, 5.74) is 3.80. The van der Waals surface area contributed by atoms with Gasteiger partial charge in [-0.1, -0.05) is 66.7 Å². The third-order valence-corrected chi connectivity index (χ3v) is 4.04. The molecule has 0 radical (unpaired) electrons. The molecule has 1 amide bonds. The standard InChI is InChI=1S/C21H17N3O4/c25-20(16-10-5-2-6-11-16)19(15-8-3-1-4-9-15)22-23-21(26)17-12-7-13-18(14-17)24(27)28/h1-14,20,25H,(H,23,26). The van der Waals surface area contributed by atoms with Crippen LogP contribution in [0.5, 0.6) is 0 Å². The van der Waals surface area contributed by atoms with E-state index in [1.807, 2.05) is 12.1 Å². The van der Waals surface area contributed by atoms with E-state index in [1.54, 1.807) is 48.5 Å². The minimum Gasteiger partial charge on any atom is -0.382 e. The van der Waals surface area contributed by atoms with Gasteiger partial charge in [0.25, 0.3) is 11.6 Å². The minimum absolute atomic E-state index is 0.0968. The number of hydrogen-bond donors (Lipinski definition) is 2. The lowest BCUT2D eigenvalue weighted by molar-refractivity contribution is -0.384. The van der Waals surface area contributed by atoms with E-state index >= 15 is 0 Å². The number of non-ortho nitro benzene ring substituents is 1. The summed E-state index contributed by atoms with van der Waals surface area (Å²) in [7, 11) is 0. The Balaban J connectivity index is 1.90. The van der Waals surface area contributed by atoms with Crippen molar-refractivity contribution in [3.05, 3.63) is 112 Å². The predicted molar refractivity (Wildman–Crippen MR) is 105 cm³/mol. The van der Waals surface area contributed by atoms with Crippen LogP contribution in [0.1, 0.15) is 27.6 Å². The lowest BCUT2D eigenvalue weighted by Gasteiger charge is -2.15. The topological polar surface area (TPSA) is 105 Å². The number of hydrogen-bond acceptors (Lipinski definition) is 5. The number of nitrogens with zero attached hydrogens (tertiary/aromatic N) is 2. The summed E-state index contributed by atoms with van der Waals surface area (Å²) in [6.45, 7) is 0. The number of nitro groups is 1. The fourth-order valence-corrected chi connectivity index (χ4v) is 2.62. The average Bonchev–Trinajstić information content (AvgIpc) is 2.75. The second-order valence-electron chi connectivity index (χ2n) is 5.92. The van der Waals surface area contributed by atoms with Crippen molar-refractivity contribution in [2.45, 2.75) is 6.10 Å². The molecule has 0 saturated heterocycles. The number of benzene rings is 3. The van der Waals surface area contributed by atoms with Crippen molar-refractivity contribution < 1.29 is 14.8 Å². The van der Waals surface area contributed by atoms with Gasteiger partial charge in [-0.25, -0.2) is 5.43 Å². The molecule has 1 atom stereocenters. The number of rotatable bonds is 6.